The maximum atomic E-state index is 12.5. The zero-order chi connectivity index (χ0) is 18.1. The zero-order valence-electron chi connectivity index (χ0n) is 14.6. The first-order valence-electron chi connectivity index (χ1n) is 8.39. The molecule has 128 valence electrons. The lowest BCUT2D eigenvalue weighted by Gasteiger charge is -2.10. The van der Waals surface area contributed by atoms with Crippen molar-refractivity contribution in [3.8, 4) is 11.3 Å². The van der Waals surface area contributed by atoms with Gasteiger partial charge in [0.15, 0.2) is 0 Å². The summed E-state index contributed by atoms with van der Waals surface area (Å²) in [5.74, 6) is 0.523. The molecule has 0 aliphatic heterocycles. The first-order valence-corrected chi connectivity index (χ1v) is 8.39. The normalized spacial score (nSPS) is 10.8. The van der Waals surface area contributed by atoms with Crippen molar-refractivity contribution in [2.75, 3.05) is 5.32 Å². The predicted octanol–water partition coefficient (Wildman–Crippen LogP) is 4.27. The number of nitrogens with one attached hydrogen (secondary N) is 1. The Morgan fingerprint density at radius 2 is 1.88 bits per heavy atom. The van der Waals surface area contributed by atoms with Crippen LogP contribution in [0.1, 0.15) is 21.5 Å². The standard InChI is InChI=1S/C21H18N4O/c1-14-4-7-16(8-5-14)20(26)23-18-12-17(9-6-15(18)2)19-13-25-11-3-10-22-21(25)24-19/h3-13H,1-2H3,(H,23,26). The van der Waals surface area contributed by atoms with Crippen molar-refractivity contribution in [2.45, 2.75) is 13.8 Å². The lowest BCUT2D eigenvalue weighted by atomic mass is 10.1. The molecule has 0 spiro atoms. The van der Waals surface area contributed by atoms with Crippen LogP contribution in [0.4, 0.5) is 5.69 Å². The second kappa shape index (κ2) is 6.44. The fourth-order valence-electron chi connectivity index (χ4n) is 2.78. The summed E-state index contributed by atoms with van der Waals surface area (Å²) in [6.07, 6.45) is 5.56. The molecule has 1 N–H and O–H groups in total. The van der Waals surface area contributed by atoms with Crippen LogP contribution < -0.4 is 5.32 Å². The smallest absolute Gasteiger partial charge is 0.255 e. The van der Waals surface area contributed by atoms with Crippen molar-refractivity contribution >= 4 is 17.4 Å². The van der Waals surface area contributed by atoms with Gasteiger partial charge in [0, 0.05) is 35.4 Å². The number of aromatic nitrogens is 3. The molecule has 2 aromatic carbocycles. The van der Waals surface area contributed by atoms with Gasteiger partial charge >= 0.3 is 0 Å². The highest BCUT2D eigenvalue weighted by Gasteiger charge is 2.11. The van der Waals surface area contributed by atoms with Crippen LogP contribution in [0.3, 0.4) is 0 Å². The highest BCUT2D eigenvalue weighted by atomic mass is 16.1. The van der Waals surface area contributed by atoms with Gasteiger partial charge in [0.05, 0.1) is 5.69 Å². The molecule has 2 aromatic heterocycles. The fourth-order valence-corrected chi connectivity index (χ4v) is 2.78. The summed E-state index contributed by atoms with van der Waals surface area (Å²) in [7, 11) is 0. The Morgan fingerprint density at radius 1 is 1.08 bits per heavy atom. The Labute approximate surface area is 151 Å². The van der Waals surface area contributed by atoms with Gasteiger partial charge in [-0.3, -0.25) is 9.20 Å². The van der Waals surface area contributed by atoms with Crippen molar-refractivity contribution in [3.63, 3.8) is 0 Å². The van der Waals surface area contributed by atoms with Gasteiger partial charge in [0.1, 0.15) is 0 Å². The fraction of sp³-hybridized carbons (Fsp3) is 0.0952. The van der Waals surface area contributed by atoms with E-state index in [0.717, 1.165) is 28.1 Å². The van der Waals surface area contributed by atoms with Crippen molar-refractivity contribution in [3.05, 3.63) is 83.8 Å². The van der Waals surface area contributed by atoms with Gasteiger partial charge in [-0.1, -0.05) is 29.8 Å². The third kappa shape index (κ3) is 3.07. The number of carbonyl (C=O) groups is 1. The van der Waals surface area contributed by atoms with E-state index in [-0.39, 0.29) is 5.91 Å². The van der Waals surface area contributed by atoms with E-state index in [0.29, 0.717) is 11.3 Å². The van der Waals surface area contributed by atoms with Gasteiger partial charge in [0.2, 0.25) is 5.78 Å². The zero-order valence-corrected chi connectivity index (χ0v) is 14.6. The number of hydrogen-bond donors (Lipinski definition) is 1. The van der Waals surface area contributed by atoms with Crippen molar-refractivity contribution in [1.82, 2.24) is 14.4 Å². The molecule has 0 radical (unpaired) electrons. The molecule has 5 heteroatoms. The average Bonchev–Trinajstić information content (AvgIpc) is 3.08. The number of rotatable bonds is 3. The van der Waals surface area contributed by atoms with Gasteiger partial charge in [0.25, 0.3) is 5.91 Å². The van der Waals surface area contributed by atoms with E-state index in [9.17, 15) is 4.79 Å². The topological polar surface area (TPSA) is 59.3 Å². The maximum Gasteiger partial charge on any atom is 0.255 e. The summed E-state index contributed by atoms with van der Waals surface area (Å²) >= 11 is 0. The molecule has 4 rings (SSSR count). The second-order valence-electron chi connectivity index (χ2n) is 6.30. The molecule has 0 aliphatic carbocycles. The monoisotopic (exact) mass is 342 g/mol. The van der Waals surface area contributed by atoms with Gasteiger partial charge in [-0.2, -0.15) is 0 Å². The predicted molar refractivity (Wildman–Crippen MR) is 102 cm³/mol. The van der Waals surface area contributed by atoms with E-state index in [1.54, 1.807) is 6.20 Å². The molecule has 0 saturated heterocycles. The number of benzene rings is 2. The van der Waals surface area contributed by atoms with Crippen LogP contribution in [0.15, 0.2) is 67.1 Å². The summed E-state index contributed by atoms with van der Waals surface area (Å²) < 4.78 is 1.87. The van der Waals surface area contributed by atoms with Gasteiger partial charge < -0.3 is 5.32 Å². The van der Waals surface area contributed by atoms with Crippen molar-refractivity contribution < 1.29 is 4.79 Å². The van der Waals surface area contributed by atoms with Crippen LogP contribution in [0.25, 0.3) is 17.0 Å². The van der Waals surface area contributed by atoms with E-state index in [4.69, 9.17) is 0 Å². The summed E-state index contributed by atoms with van der Waals surface area (Å²) in [5.41, 5.74) is 5.28. The Kier molecular flexibility index (Phi) is 3.97. The third-order valence-electron chi connectivity index (χ3n) is 4.33. The minimum Gasteiger partial charge on any atom is -0.322 e. The molecule has 0 bridgehead atoms. The van der Waals surface area contributed by atoms with Crippen LogP contribution in [-0.2, 0) is 0 Å². The van der Waals surface area contributed by atoms with E-state index < -0.39 is 0 Å². The van der Waals surface area contributed by atoms with Crippen LogP contribution in [0.2, 0.25) is 0 Å². The Bertz CT molecular complexity index is 1060. The molecule has 26 heavy (non-hydrogen) atoms. The van der Waals surface area contributed by atoms with Crippen LogP contribution in [0.5, 0.6) is 0 Å². The van der Waals surface area contributed by atoms with E-state index in [1.807, 2.05) is 79.2 Å². The minimum absolute atomic E-state index is 0.123. The molecule has 0 saturated carbocycles. The lowest BCUT2D eigenvalue weighted by molar-refractivity contribution is 0.102. The maximum absolute atomic E-state index is 12.5. The van der Waals surface area contributed by atoms with Gasteiger partial charge in [-0.05, 0) is 43.7 Å². The second-order valence-corrected chi connectivity index (χ2v) is 6.30. The number of imidazole rings is 1. The van der Waals surface area contributed by atoms with Crippen LogP contribution >= 0.6 is 0 Å². The number of carbonyl (C=O) groups excluding carboxylic acids is 1. The Morgan fingerprint density at radius 3 is 2.65 bits per heavy atom. The van der Waals surface area contributed by atoms with Gasteiger partial charge in [-0.15, -0.1) is 0 Å². The minimum atomic E-state index is -0.123. The SMILES string of the molecule is Cc1ccc(C(=O)Nc2cc(-c3cn4cccnc4n3)ccc2C)cc1. The molecular formula is C21H18N4O. The first kappa shape index (κ1) is 16.0. The Balaban J connectivity index is 1.65. The molecule has 0 aliphatic rings. The molecule has 5 nitrogen and oxygen atoms in total. The number of nitrogens with zero attached hydrogens (tertiary/aromatic N) is 3. The van der Waals surface area contributed by atoms with E-state index in [1.165, 1.54) is 0 Å². The highest BCUT2D eigenvalue weighted by Crippen LogP contribution is 2.25. The van der Waals surface area contributed by atoms with E-state index in [2.05, 4.69) is 15.3 Å². The van der Waals surface area contributed by atoms with Crippen molar-refractivity contribution in [1.29, 1.82) is 0 Å². The number of anilines is 1. The van der Waals surface area contributed by atoms with Crippen molar-refractivity contribution in [2.24, 2.45) is 0 Å². The summed E-state index contributed by atoms with van der Waals surface area (Å²) in [6.45, 7) is 3.97. The molecule has 4 aromatic rings. The van der Waals surface area contributed by atoms with Crippen LogP contribution in [0, 0.1) is 13.8 Å². The quantitative estimate of drug-likeness (QED) is 0.605. The Hall–Kier alpha value is -3.47. The number of fused-ring (bicyclic) bond motifs is 1. The highest BCUT2D eigenvalue weighted by molar-refractivity contribution is 6.04. The number of hydrogen-bond acceptors (Lipinski definition) is 3. The number of aryl methyl sites for hydroxylation is 2. The molecule has 1 amide bonds. The summed E-state index contributed by atoms with van der Waals surface area (Å²) in [4.78, 5) is 21.3. The summed E-state index contributed by atoms with van der Waals surface area (Å²) in [5, 5.41) is 3.00. The third-order valence-corrected chi connectivity index (χ3v) is 4.33. The summed E-state index contributed by atoms with van der Waals surface area (Å²) in [6, 6.07) is 15.3. The molecule has 0 unspecified atom stereocenters. The largest absolute Gasteiger partial charge is 0.322 e. The molecule has 0 fully saturated rings. The lowest BCUT2D eigenvalue weighted by Crippen LogP contribution is -2.12. The van der Waals surface area contributed by atoms with E-state index >= 15 is 0 Å². The average molecular weight is 342 g/mol. The first-order chi connectivity index (χ1) is 12.6. The van der Waals surface area contributed by atoms with Gasteiger partial charge in [-0.25, -0.2) is 9.97 Å². The number of amides is 1. The molecule has 0 atom stereocenters. The molecular weight excluding hydrogens is 324 g/mol. The van der Waals surface area contributed by atoms with Crippen LogP contribution in [-0.4, -0.2) is 20.3 Å². The molecule has 2 heterocycles.